The maximum absolute atomic E-state index is 15.1. The van der Waals surface area contributed by atoms with Crippen LogP contribution in [-0.2, 0) is 11.2 Å². The van der Waals surface area contributed by atoms with Gasteiger partial charge in [-0.05, 0) is 59.2 Å². The fraction of sp³-hybridized carbons (Fsp3) is 0.0667. The second kappa shape index (κ2) is 10.8. The van der Waals surface area contributed by atoms with E-state index in [0.717, 1.165) is 16.5 Å². The van der Waals surface area contributed by atoms with Crippen molar-refractivity contribution in [1.82, 2.24) is 15.3 Å². The van der Waals surface area contributed by atoms with Crippen molar-refractivity contribution in [2.24, 2.45) is 0 Å². The molecule has 0 bridgehead atoms. The number of nitrogens with zero attached hydrogens (tertiary/aromatic N) is 2. The summed E-state index contributed by atoms with van der Waals surface area (Å²) in [5.74, 6) is -1.89. The lowest BCUT2D eigenvalue weighted by atomic mass is 10.0. The summed E-state index contributed by atoms with van der Waals surface area (Å²) < 4.78 is 15.1. The topological polar surface area (TPSA) is 111 Å². The minimum atomic E-state index is -0.985. The van der Waals surface area contributed by atoms with Crippen molar-refractivity contribution < 1.29 is 14.0 Å². The van der Waals surface area contributed by atoms with Crippen LogP contribution < -0.4 is 10.6 Å². The summed E-state index contributed by atoms with van der Waals surface area (Å²) in [5.41, 5.74) is 3.72. The average molecular weight is 504 g/mol. The first kappa shape index (κ1) is 24.4. The maximum atomic E-state index is 15.1. The number of hydrogen-bond acceptors (Lipinski definition) is 4. The van der Waals surface area contributed by atoms with E-state index in [0.29, 0.717) is 22.4 Å². The molecule has 0 spiro atoms. The molecule has 0 saturated carbocycles. The lowest BCUT2D eigenvalue weighted by Gasteiger charge is -2.19. The summed E-state index contributed by atoms with van der Waals surface area (Å²) in [7, 11) is 0. The zero-order chi connectivity index (χ0) is 26.5. The van der Waals surface area contributed by atoms with E-state index in [1.54, 1.807) is 61.1 Å². The van der Waals surface area contributed by atoms with Gasteiger partial charge < -0.3 is 15.6 Å². The van der Waals surface area contributed by atoms with E-state index in [4.69, 9.17) is 5.26 Å². The fourth-order valence-electron chi connectivity index (χ4n) is 4.28. The van der Waals surface area contributed by atoms with Crippen LogP contribution in [0.2, 0.25) is 0 Å². The van der Waals surface area contributed by atoms with Gasteiger partial charge in [0.25, 0.3) is 5.91 Å². The van der Waals surface area contributed by atoms with Crippen molar-refractivity contribution >= 4 is 28.4 Å². The summed E-state index contributed by atoms with van der Waals surface area (Å²) in [6.45, 7) is 0. The van der Waals surface area contributed by atoms with Gasteiger partial charge in [-0.3, -0.25) is 14.6 Å². The minimum absolute atomic E-state index is 0.188. The Morgan fingerprint density at radius 2 is 1.76 bits per heavy atom. The summed E-state index contributed by atoms with van der Waals surface area (Å²) in [5, 5.41) is 15.6. The normalized spacial score (nSPS) is 11.5. The molecule has 5 aromatic rings. The number of rotatable bonds is 7. The van der Waals surface area contributed by atoms with E-state index in [9.17, 15) is 9.59 Å². The van der Waals surface area contributed by atoms with Gasteiger partial charge in [-0.2, -0.15) is 5.26 Å². The van der Waals surface area contributed by atoms with Crippen LogP contribution in [0.1, 0.15) is 21.5 Å². The van der Waals surface area contributed by atoms with E-state index >= 15 is 4.39 Å². The summed E-state index contributed by atoms with van der Waals surface area (Å²) in [6.07, 6.45) is 5.08. The quantitative estimate of drug-likeness (QED) is 0.283. The zero-order valence-electron chi connectivity index (χ0n) is 20.1. The molecule has 0 unspecified atom stereocenters. The SMILES string of the molecule is N#Cc1cccc(-c2ccc(C(=O)N[C@@H](Cc3c[nH]c4ccccc34)C(=O)Nc3ccncc3)c(F)c2)c1. The monoisotopic (exact) mass is 503 g/mol. The molecule has 0 fully saturated rings. The first-order chi connectivity index (χ1) is 18.5. The number of fused-ring (bicyclic) bond motifs is 1. The third-order valence-electron chi connectivity index (χ3n) is 6.21. The van der Waals surface area contributed by atoms with Crippen LogP contribution in [0, 0.1) is 17.1 Å². The molecule has 0 aliphatic carbocycles. The van der Waals surface area contributed by atoms with Crippen molar-refractivity contribution in [3.05, 3.63) is 120 Å². The van der Waals surface area contributed by atoms with Gasteiger partial charge in [0.1, 0.15) is 11.9 Å². The van der Waals surface area contributed by atoms with Crippen LogP contribution in [0.15, 0.2) is 97.5 Å². The van der Waals surface area contributed by atoms with Gasteiger partial charge in [-0.1, -0.05) is 36.4 Å². The van der Waals surface area contributed by atoms with Gasteiger partial charge in [-0.15, -0.1) is 0 Å². The molecule has 2 aromatic heterocycles. The van der Waals surface area contributed by atoms with Gasteiger partial charge in [-0.25, -0.2) is 4.39 Å². The number of para-hydroxylation sites is 1. The summed E-state index contributed by atoms with van der Waals surface area (Å²) >= 11 is 0. The molecule has 7 nitrogen and oxygen atoms in total. The Hall–Kier alpha value is -5.29. The van der Waals surface area contributed by atoms with E-state index in [-0.39, 0.29) is 12.0 Å². The number of pyridine rings is 1. The Bertz CT molecular complexity index is 1670. The number of carbonyl (C=O) groups excluding carboxylic acids is 2. The number of carbonyl (C=O) groups is 2. The number of aromatic nitrogens is 2. The summed E-state index contributed by atoms with van der Waals surface area (Å²) in [6, 6.07) is 23.0. The van der Waals surface area contributed by atoms with Gasteiger partial charge in [0, 0.05) is 41.6 Å². The second-order valence-electron chi connectivity index (χ2n) is 8.70. The molecule has 2 heterocycles. The standard InChI is InChI=1S/C30H22FN5O2/c31-26-15-21(20-5-3-4-19(14-20)17-32)8-9-25(26)29(37)36-28(30(38)35-23-10-12-33-13-11-23)16-22-18-34-27-7-2-1-6-24(22)27/h1-15,18,28,34H,16H2,(H,36,37)(H,33,35,38)/t28-/m0/s1. The lowest BCUT2D eigenvalue weighted by molar-refractivity contribution is -0.118. The Morgan fingerprint density at radius 3 is 2.55 bits per heavy atom. The molecule has 186 valence electrons. The van der Waals surface area contributed by atoms with Crippen LogP contribution in [0.25, 0.3) is 22.0 Å². The number of amides is 2. The Labute approximate surface area is 218 Å². The Kier molecular flexibility index (Phi) is 6.91. The van der Waals surface area contributed by atoms with Crippen molar-refractivity contribution in [2.45, 2.75) is 12.5 Å². The molecule has 0 saturated heterocycles. The van der Waals surface area contributed by atoms with Gasteiger partial charge >= 0.3 is 0 Å². The molecule has 3 N–H and O–H groups in total. The molecule has 8 heteroatoms. The second-order valence-corrected chi connectivity index (χ2v) is 8.70. The average Bonchev–Trinajstić information content (AvgIpc) is 3.36. The third kappa shape index (κ3) is 5.27. The highest BCUT2D eigenvalue weighted by Crippen LogP contribution is 2.24. The highest BCUT2D eigenvalue weighted by atomic mass is 19.1. The number of anilines is 1. The highest BCUT2D eigenvalue weighted by molar-refractivity contribution is 6.02. The molecule has 1 atom stereocenters. The van der Waals surface area contributed by atoms with Crippen molar-refractivity contribution in [2.75, 3.05) is 5.32 Å². The molecule has 0 aliphatic rings. The van der Waals surface area contributed by atoms with Crippen LogP contribution in [0.3, 0.4) is 0 Å². The number of nitrogens with one attached hydrogen (secondary N) is 3. The van der Waals surface area contributed by atoms with Gasteiger partial charge in [0.05, 0.1) is 17.2 Å². The van der Waals surface area contributed by atoms with Gasteiger partial charge in [0.2, 0.25) is 5.91 Å². The predicted octanol–water partition coefficient (Wildman–Crippen LogP) is 5.22. The highest BCUT2D eigenvalue weighted by Gasteiger charge is 2.25. The number of aromatic amines is 1. The number of nitriles is 1. The van der Waals surface area contributed by atoms with Crippen LogP contribution in [0.4, 0.5) is 10.1 Å². The molecule has 38 heavy (non-hydrogen) atoms. The van der Waals surface area contributed by atoms with Gasteiger partial charge in [0.15, 0.2) is 0 Å². The summed E-state index contributed by atoms with van der Waals surface area (Å²) in [4.78, 5) is 33.6. The fourth-order valence-corrected chi connectivity index (χ4v) is 4.28. The van der Waals surface area contributed by atoms with Crippen molar-refractivity contribution in [3.63, 3.8) is 0 Å². The largest absolute Gasteiger partial charge is 0.361 e. The molecule has 3 aromatic carbocycles. The zero-order valence-corrected chi connectivity index (χ0v) is 20.1. The van der Waals surface area contributed by atoms with E-state index < -0.39 is 23.7 Å². The molecular weight excluding hydrogens is 481 g/mol. The minimum Gasteiger partial charge on any atom is -0.361 e. The molecule has 2 amide bonds. The predicted molar refractivity (Wildman–Crippen MR) is 143 cm³/mol. The van der Waals surface area contributed by atoms with Crippen LogP contribution in [0.5, 0.6) is 0 Å². The van der Waals surface area contributed by atoms with E-state index in [2.05, 4.69) is 26.7 Å². The first-order valence-corrected chi connectivity index (χ1v) is 11.9. The van der Waals surface area contributed by atoms with Crippen molar-refractivity contribution in [3.8, 4) is 17.2 Å². The Balaban J connectivity index is 1.41. The third-order valence-corrected chi connectivity index (χ3v) is 6.21. The Morgan fingerprint density at radius 1 is 0.974 bits per heavy atom. The number of halogens is 1. The lowest BCUT2D eigenvalue weighted by Crippen LogP contribution is -2.45. The maximum Gasteiger partial charge on any atom is 0.254 e. The molecule has 5 rings (SSSR count). The number of benzene rings is 3. The molecule has 0 radical (unpaired) electrons. The first-order valence-electron chi connectivity index (χ1n) is 11.9. The van der Waals surface area contributed by atoms with E-state index in [1.165, 1.54) is 12.1 Å². The van der Waals surface area contributed by atoms with Crippen LogP contribution >= 0.6 is 0 Å². The molecule has 0 aliphatic heterocycles. The molecular formula is C30H22FN5O2. The smallest absolute Gasteiger partial charge is 0.254 e. The van der Waals surface area contributed by atoms with E-state index in [1.807, 2.05) is 24.3 Å². The number of hydrogen-bond donors (Lipinski definition) is 3. The number of H-pyrrole nitrogens is 1. The van der Waals surface area contributed by atoms with Crippen molar-refractivity contribution in [1.29, 1.82) is 5.26 Å². The van der Waals surface area contributed by atoms with Crippen LogP contribution in [-0.4, -0.2) is 27.8 Å².